The van der Waals surface area contributed by atoms with E-state index in [0.717, 1.165) is 18.1 Å². The van der Waals surface area contributed by atoms with Gasteiger partial charge >= 0.3 is 0 Å². The molecule has 2 aliphatic heterocycles. The Labute approximate surface area is 126 Å². The number of para-hydroxylation sites is 1. The second-order valence-corrected chi connectivity index (χ2v) is 6.53. The highest BCUT2D eigenvalue weighted by Crippen LogP contribution is 2.28. The smallest absolute Gasteiger partial charge is 0.0639 e. The van der Waals surface area contributed by atoms with Gasteiger partial charge in [0, 0.05) is 31.7 Å². The molecule has 0 unspecified atom stereocenters. The second-order valence-electron chi connectivity index (χ2n) is 6.13. The third kappa shape index (κ3) is 3.27. The van der Waals surface area contributed by atoms with Crippen LogP contribution in [0.2, 0.25) is 5.02 Å². The van der Waals surface area contributed by atoms with Crippen molar-refractivity contribution in [1.82, 2.24) is 10.2 Å². The molecule has 0 radical (unpaired) electrons. The number of hydrogen-bond acceptors (Lipinski definition) is 3. The molecule has 2 heterocycles. The molecular formula is C16H24ClN3. The Morgan fingerprint density at radius 3 is 2.40 bits per heavy atom. The summed E-state index contributed by atoms with van der Waals surface area (Å²) in [5.74, 6) is 0. The molecule has 1 atom stereocenters. The molecule has 2 fully saturated rings. The molecule has 1 aromatic carbocycles. The third-order valence-corrected chi connectivity index (χ3v) is 4.87. The van der Waals surface area contributed by atoms with E-state index in [4.69, 9.17) is 11.6 Å². The Bertz CT molecular complexity index is 443. The van der Waals surface area contributed by atoms with Crippen molar-refractivity contribution in [2.45, 2.75) is 31.3 Å². The summed E-state index contributed by atoms with van der Waals surface area (Å²) in [7, 11) is 2.21. The van der Waals surface area contributed by atoms with E-state index in [0.29, 0.717) is 12.1 Å². The number of halogens is 1. The van der Waals surface area contributed by atoms with Crippen molar-refractivity contribution in [2.75, 3.05) is 38.1 Å². The number of benzene rings is 1. The summed E-state index contributed by atoms with van der Waals surface area (Å²) in [4.78, 5) is 4.83. The van der Waals surface area contributed by atoms with Crippen LogP contribution in [0.4, 0.5) is 5.69 Å². The lowest BCUT2D eigenvalue weighted by molar-refractivity contribution is 0.350. The van der Waals surface area contributed by atoms with Crippen molar-refractivity contribution >= 4 is 17.3 Å². The van der Waals surface area contributed by atoms with E-state index in [1.165, 1.54) is 38.0 Å². The predicted molar refractivity (Wildman–Crippen MR) is 85.7 cm³/mol. The molecule has 0 aliphatic carbocycles. The molecule has 1 aromatic rings. The molecule has 3 rings (SSSR count). The molecule has 0 amide bonds. The lowest BCUT2D eigenvalue weighted by Crippen LogP contribution is -2.47. The lowest BCUT2D eigenvalue weighted by atomic mass is 10.0. The van der Waals surface area contributed by atoms with Gasteiger partial charge in [-0.05, 0) is 45.0 Å². The van der Waals surface area contributed by atoms with Crippen molar-refractivity contribution < 1.29 is 0 Å². The fourth-order valence-corrected chi connectivity index (χ4v) is 3.65. The minimum Gasteiger partial charge on any atom is -0.370 e. The number of hydrogen-bond donors (Lipinski definition) is 1. The SMILES string of the molecule is CN1CC[C@@H](NC2CCN(c3ccccc3Cl)CC2)C1. The first kappa shape index (κ1) is 14.2. The number of likely N-dealkylation sites (tertiary alicyclic amines) is 1. The molecule has 3 nitrogen and oxygen atoms in total. The number of anilines is 1. The summed E-state index contributed by atoms with van der Waals surface area (Å²) in [6, 6.07) is 9.54. The van der Waals surface area contributed by atoms with Crippen molar-refractivity contribution in [3.05, 3.63) is 29.3 Å². The molecule has 0 saturated carbocycles. The Morgan fingerprint density at radius 1 is 1.05 bits per heavy atom. The van der Waals surface area contributed by atoms with Crippen molar-refractivity contribution in [1.29, 1.82) is 0 Å². The summed E-state index contributed by atoms with van der Waals surface area (Å²) < 4.78 is 0. The molecule has 0 aromatic heterocycles. The third-order valence-electron chi connectivity index (χ3n) is 4.55. The molecular weight excluding hydrogens is 270 g/mol. The highest BCUT2D eigenvalue weighted by Gasteiger charge is 2.25. The molecule has 0 bridgehead atoms. The summed E-state index contributed by atoms with van der Waals surface area (Å²) >= 11 is 6.28. The van der Waals surface area contributed by atoms with E-state index in [1.54, 1.807) is 0 Å². The van der Waals surface area contributed by atoms with Crippen LogP contribution in [0.25, 0.3) is 0 Å². The highest BCUT2D eigenvalue weighted by molar-refractivity contribution is 6.33. The summed E-state index contributed by atoms with van der Waals surface area (Å²) in [6.45, 7) is 4.63. The predicted octanol–water partition coefficient (Wildman–Crippen LogP) is 2.60. The average molecular weight is 294 g/mol. The van der Waals surface area contributed by atoms with E-state index in [2.05, 4.69) is 34.3 Å². The summed E-state index contributed by atoms with van der Waals surface area (Å²) in [5.41, 5.74) is 1.19. The van der Waals surface area contributed by atoms with Crippen LogP contribution in [0.15, 0.2) is 24.3 Å². The number of nitrogens with one attached hydrogen (secondary N) is 1. The molecule has 110 valence electrons. The van der Waals surface area contributed by atoms with Gasteiger partial charge in [-0.2, -0.15) is 0 Å². The molecule has 2 aliphatic rings. The standard InChI is InChI=1S/C16H24ClN3/c1-19-9-6-14(12-19)18-13-7-10-20(11-8-13)16-5-3-2-4-15(16)17/h2-5,13-14,18H,6-12H2,1H3/t14-/m1/s1. The lowest BCUT2D eigenvalue weighted by Gasteiger charge is -2.35. The maximum atomic E-state index is 6.28. The Morgan fingerprint density at radius 2 is 1.75 bits per heavy atom. The average Bonchev–Trinajstić information content (AvgIpc) is 2.86. The van der Waals surface area contributed by atoms with E-state index in [-0.39, 0.29) is 0 Å². The zero-order valence-electron chi connectivity index (χ0n) is 12.2. The van der Waals surface area contributed by atoms with Crippen LogP contribution in [0.3, 0.4) is 0 Å². The van der Waals surface area contributed by atoms with Gasteiger partial charge in [-0.25, -0.2) is 0 Å². The zero-order valence-corrected chi connectivity index (χ0v) is 12.9. The topological polar surface area (TPSA) is 18.5 Å². The summed E-state index contributed by atoms with van der Waals surface area (Å²) in [6.07, 6.45) is 3.72. The Hall–Kier alpha value is -0.770. The first-order valence-electron chi connectivity index (χ1n) is 7.66. The second kappa shape index (κ2) is 6.33. The van der Waals surface area contributed by atoms with Gasteiger partial charge in [-0.3, -0.25) is 0 Å². The highest BCUT2D eigenvalue weighted by atomic mass is 35.5. The molecule has 4 heteroatoms. The van der Waals surface area contributed by atoms with Gasteiger partial charge in [0.25, 0.3) is 0 Å². The number of rotatable bonds is 3. The Balaban J connectivity index is 1.51. The first-order valence-corrected chi connectivity index (χ1v) is 8.04. The Kier molecular flexibility index (Phi) is 4.49. The maximum absolute atomic E-state index is 6.28. The van der Waals surface area contributed by atoms with Crippen LogP contribution in [0, 0.1) is 0 Å². The fourth-order valence-electron chi connectivity index (χ4n) is 3.40. The number of piperidine rings is 1. The molecule has 1 N–H and O–H groups in total. The fraction of sp³-hybridized carbons (Fsp3) is 0.625. The largest absolute Gasteiger partial charge is 0.370 e. The van der Waals surface area contributed by atoms with Gasteiger partial charge in [-0.15, -0.1) is 0 Å². The van der Waals surface area contributed by atoms with Gasteiger partial charge in [0.05, 0.1) is 10.7 Å². The van der Waals surface area contributed by atoms with Gasteiger partial charge in [0.1, 0.15) is 0 Å². The monoisotopic (exact) mass is 293 g/mol. The van der Waals surface area contributed by atoms with Crippen LogP contribution in [-0.4, -0.2) is 50.2 Å². The quantitative estimate of drug-likeness (QED) is 0.924. The zero-order chi connectivity index (χ0) is 13.9. The molecule has 0 spiro atoms. The van der Waals surface area contributed by atoms with Crippen LogP contribution in [0.5, 0.6) is 0 Å². The van der Waals surface area contributed by atoms with Crippen LogP contribution < -0.4 is 10.2 Å². The minimum atomic E-state index is 0.672. The first-order chi connectivity index (χ1) is 9.72. The van der Waals surface area contributed by atoms with Crippen molar-refractivity contribution in [2.24, 2.45) is 0 Å². The number of nitrogens with zero attached hydrogens (tertiary/aromatic N) is 2. The van der Waals surface area contributed by atoms with Gasteiger partial charge in [0.15, 0.2) is 0 Å². The normalized spacial score (nSPS) is 25.3. The van der Waals surface area contributed by atoms with Crippen LogP contribution in [0.1, 0.15) is 19.3 Å². The maximum Gasteiger partial charge on any atom is 0.0639 e. The van der Waals surface area contributed by atoms with E-state index in [1.807, 2.05) is 12.1 Å². The minimum absolute atomic E-state index is 0.672. The van der Waals surface area contributed by atoms with Gasteiger partial charge in [-0.1, -0.05) is 23.7 Å². The van der Waals surface area contributed by atoms with Crippen LogP contribution in [-0.2, 0) is 0 Å². The summed E-state index contributed by atoms with van der Waals surface area (Å²) in [5, 5.41) is 4.71. The molecule has 2 saturated heterocycles. The van der Waals surface area contributed by atoms with Gasteiger partial charge in [0.2, 0.25) is 0 Å². The van der Waals surface area contributed by atoms with E-state index >= 15 is 0 Å². The van der Waals surface area contributed by atoms with Crippen LogP contribution >= 0.6 is 11.6 Å². The van der Waals surface area contributed by atoms with Gasteiger partial charge < -0.3 is 15.1 Å². The number of likely N-dealkylation sites (N-methyl/N-ethyl adjacent to an activating group) is 1. The van der Waals surface area contributed by atoms with Crippen molar-refractivity contribution in [3.8, 4) is 0 Å². The van der Waals surface area contributed by atoms with Crippen molar-refractivity contribution in [3.63, 3.8) is 0 Å². The van der Waals surface area contributed by atoms with E-state index in [9.17, 15) is 0 Å². The van der Waals surface area contributed by atoms with E-state index < -0.39 is 0 Å². The molecule has 20 heavy (non-hydrogen) atoms.